The number of aromatic hydroxyl groups is 1. The van der Waals surface area contributed by atoms with Crippen LogP contribution < -0.4 is 14.6 Å². The van der Waals surface area contributed by atoms with Crippen molar-refractivity contribution >= 4 is 18.7 Å². The molecule has 7 heteroatoms. The number of nitrogens with zero attached hydrogens (tertiary/aromatic N) is 3. The van der Waals surface area contributed by atoms with E-state index in [1.54, 1.807) is 30.1 Å². The zero-order valence-electron chi connectivity index (χ0n) is 13.0. The zero-order valence-corrected chi connectivity index (χ0v) is 13.9. The highest BCUT2D eigenvalue weighted by molar-refractivity contribution is 7.75. The fraction of sp³-hybridized carbons (Fsp3) is 0.333. The molecule has 0 unspecified atom stereocenters. The van der Waals surface area contributed by atoms with Crippen LogP contribution in [0.25, 0.3) is 11.1 Å². The van der Waals surface area contributed by atoms with Gasteiger partial charge in [-0.2, -0.15) is 0 Å². The van der Waals surface area contributed by atoms with E-state index in [1.165, 1.54) is 4.68 Å². The number of thiol groups is 1. The zero-order chi connectivity index (χ0) is 16.4. The second-order valence-corrected chi connectivity index (χ2v) is 5.32. The van der Waals surface area contributed by atoms with Crippen LogP contribution in [0.2, 0.25) is 0 Å². The fourth-order valence-electron chi connectivity index (χ4n) is 2.34. The summed E-state index contributed by atoms with van der Waals surface area (Å²) < 4.78 is 6.44. The SMILES string of the molecule is CCc1cc(O)ccc1-c1c(OS)c(N(C)C)nn(C)c1=O. The van der Waals surface area contributed by atoms with Crippen LogP contribution in [0.3, 0.4) is 0 Å². The molecule has 6 nitrogen and oxygen atoms in total. The molecule has 0 saturated heterocycles. The number of phenolic OH excluding ortho intramolecular Hbond substituents is 1. The first-order valence-electron chi connectivity index (χ1n) is 6.83. The second kappa shape index (κ2) is 6.31. The van der Waals surface area contributed by atoms with E-state index >= 15 is 0 Å². The van der Waals surface area contributed by atoms with E-state index in [0.717, 1.165) is 5.56 Å². The second-order valence-electron chi connectivity index (χ2n) is 5.14. The molecule has 0 atom stereocenters. The van der Waals surface area contributed by atoms with Gasteiger partial charge in [-0.15, -0.1) is 5.10 Å². The van der Waals surface area contributed by atoms with Crippen LogP contribution in [-0.2, 0) is 13.5 Å². The molecule has 1 aromatic carbocycles. The Morgan fingerprint density at radius 2 is 2.09 bits per heavy atom. The molecule has 0 fully saturated rings. The third kappa shape index (κ3) is 2.76. The Bertz CT molecular complexity index is 756. The van der Waals surface area contributed by atoms with Crippen LogP contribution in [0, 0.1) is 0 Å². The van der Waals surface area contributed by atoms with E-state index in [4.69, 9.17) is 4.18 Å². The summed E-state index contributed by atoms with van der Waals surface area (Å²) in [6, 6.07) is 4.90. The number of hydrogen-bond donors (Lipinski definition) is 2. The van der Waals surface area contributed by atoms with Crippen LogP contribution in [0.1, 0.15) is 12.5 Å². The van der Waals surface area contributed by atoms with E-state index in [0.29, 0.717) is 29.1 Å². The van der Waals surface area contributed by atoms with Gasteiger partial charge >= 0.3 is 0 Å². The van der Waals surface area contributed by atoms with E-state index in [-0.39, 0.29) is 11.3 Å². The molecule has 0 aliphatic rings. The molecule has 0 spiro atoms. The van der Waals surface area contributed by atoms with E-state index in [2.05, 4.69) is 18.0 Å². The minimum Gasteiger partial charge on any atom is -0.508 e. The molecule has 1 heterocycles. The highest BCUT2D eigenvalue weighted by Gasteiger charge is 2.22. The van der Waals surface area contributed by atoms with Crippen molar-refractivity contribution in [3.63, 3.8) is 0 Å². The maximum absolute atomic E-state index is 12.6. The van der Waals surface area contributed by atoms with Crippen molar-refractivity contribution in [2.24, 2.45) is 7.05 Å². The lowest BCUT2D eigenvalue weighted by atomic mass is 9.98. The van der Waals surface area contributed by atoms with Crippen molar-refractivity contribution in [3.05, 3.63) is 34.1 Å². The van der Waals surface area contributed by atoms with Crippen LogP contribution in [-0.4, -0.2) is 29.0 Å². The first-order chi connectivity index (χ1) is 10.4. The first kappa shape index (κ1) is 16.2. The highest BCUT2D eigenvalue weighted by atomic mass is 32.1. The van der Waals surface area contributed by atoms with Gasteiger partial charge in [0, 0.05) is 34.1 Å². The van der Waals surface area contributed by atoms with Gasteiger partial charge in [0.05, 0.1) is 5.56 Å². The Kier molecular flexibility index (Phi) is 4.65. The van der Waals surface area contributed by atoms with Crippen molar-refractivity contribution in [1.82, 2.24) is 9.78 Å². The Morgan fingerprint density at radius 1 is 1.41 bits per heavy atom. The summed E-state index contributed by atoms with van der Waals surface area (Å²) in [5, 5.41) is 13.9. The maximum atomic E-state index is 12.6. The molecule has 118 valence electrons. The number of rotatable bonds is 4. The molecular weight excluding hydrogens is 302 g/mol. The van der Waals surface area contributed by atoms with E-state index in [9.17, 15) is 9.90 Å². The van der Waals surface area contributed by atoms with Gasteiger partial charge in [-0.3, -0.25) is 4.79 Å². The predicted octanol–water partition coefficient (Wildman–Crippen LogP) is 2.00. The van der Waals surface area contributed by atoms with Crippen molar-refractivity contribution in [3.8, 4) is 22.6 Å². The summed E-state index contributed by atoms with van der Waals surface area (Å²) in [6.07, 6.45) is 0.665. The number of hydrogen-bond acceptors (Lipinski definition) is 6. The Balaban J connectivity index is 2.88. The van der Waals surface area contributed by atoms with Crippen LogP contribution >= 0.6 is 12.9 Å². The molecule has 22 heavy (non-hydrogen) atoms. The van der Waals surface area contributed by atoms with Gasteiger partial charge in [-0.25, -0.2) is 4.68 Å². The van der Waals surface area contributed by atoms with Crippen molar-refractivity contribution < 1.29 is 9.29 Å². The lowest BCUT2D eigenvalue weighted by Gasteiger charge is -2.19. The standard InChI is InChI=1S/C15H19N3O3S/c1-5-9-8-10(19)6-7-11(9)12-13(21-22)14(17(2)3)16-18(4)15(12)20/h6-8,19,22H,5H2,1-4H3. The Hall–Kier alpha value is -2.15. The molecule has 0 bridgehead atoms. The predicted molar refractivity (Wildman–Crippen MR) is 89.9 cm³/mol. The van der Waals surface area contributed by atoms with Crippen LogP contribution in [0.4, 0.5) is 5.82 Å². The van der Waals surface area contributed by atoms with Gasteiger partial charge in [0.2, 0.25) is 0 Å². The average molecular weight is 321 g/mol. The van der Waals surface area contributed by atoms with Gasteiger partial charge in [-0.1, -0.05) is 13.0 Å². The van der Waals surface area contributed by atoms with Gasteiger partial charge in [0.15, 0.2) is 11.6 Å². The average Bonchev–Trinajstić information content (AvgIpc) is 2.49. The third-order valence-corrected chi connectivity index (χ3v) is 3.62. The molecule has 2 rings (SSSR count). The molecule has 0 saturated carbocycles. The van der Waals surface area contributed by atoms with Crippen molar-refractivity contribution in [2.45, 2.75) is 13.3 Å². The Labute approximate surface area is 134 Å². The summed E-state index contributed by atoms with van der Waals surface area (Å²) in [4.78, 5) is 14.3. The number of aromatic nitrogens is 2. The van der Waals surface area contributed by atoms with Gasteiger partial charge in [0.1, 0.15) is 5.75 Å². The molecule has 0 radical (unpaired) electrons. The third-order valence-electron chi connectivity index (χ3n) is 3.44. The molecule has 1 aromatic heterocycles. The van der Waals surface area contributed by atoms with Crippen LogP contribution in [0.15, 0.2) is 23.0 Å². The van der Waals surface area contributed by atoms with Gasteiger partial charge < -0.3 is 14.2 Å². The quantitative estimate of drug-likeness (QED) is 0.666. The minimum absolute atomic E-state index is 0.160. The number of benzene rings is 1. The monoisotopic (exact) mass is 321 g/mol. The summed E-state index contributed by atoms with van der Waals surface area (Å²) in [6.45, 7) is 1.96. The Morgan fingerprint density at radius 3 is 2.64 bits per heavy atom. The number of phenols is 1. The summed E-state index contributed by atoms with van der Waals surface area (Å²) in [5.74, 6) is 0.965. The minimum atomic E-state index is -0.282. The highest BCUT2D eigenvalue weighted by Crippen LogP contribution is 2.37. The fourth-order valence-corrected chi connectivity index (χ4v) is 2.51. The van der Waals surface area contributed by atoms with Crippen LogP contribution in [0.5, 0.6) is 11.5 Å². The molecule has 2 aromatic rings. The maximum Gasteiger partial charge on any atom is 0.278 e. The smallest absolute Gasteiger partial charge is 0.278 e. The van der Waals surface area contributed by atoms with Crippen molar-refractivity contribution in [1.29, 1.82) is 0 Å². The summed E-state index contributed by atoms with van der Waals surface area (Å²) in [7, 11) is 5.21. The largest absolute Gasteiger partial charge is 0.508 e. The number of aryl methyl sites for hydroxylation is 2. The molecule has 1 N–H and O–H groups in total. The van der Waals surface area contributed by atoms with E-state index in [1.807, 2.05) is 21.0 Å². The molecular formula is C15H19N3O3S. The molecule has 0 amide bonds. The topological polar surface area (TPSA) is 67.6 Å². The normalized spacial score (nSPS) is 10.6. The van der Waals surface area contributed by atoms with Gasteiger partial charge in [-0.05, 0) is 29.7 Å². The van der Waals surface area contributed by atoms with Crippen molar-refractivity contribution in [2.75, 3.05) is 19.0 Å². The number of anilines is 1. The molecule has 0 aliphatic heterocycles. The summed E-state index contributed by atoms with van der Waals surface area (Å²) in [5.41, 5.74) is 1.65. The van der Waals surface area contributed by atoms with Gasteiger partial charge in [0.25, 0.3) is 5.56 Å². The molecule has 0 aliphatic carbocycles. The summed E-state index contributed by atoms with van der Waals surface area (Å²) >= 11 is 3.90. The lowest BCUT2D eigenvalue weighted by Crippen LogP contribution is -2.26. The van der Waals surface area contributed by atoms with E-state index < -0.39 is 0 Å². The lowest BCUT2D eigenvalue weighted by molar-refractivity contribution is 0.474. The first-order valence-corrected chi connectivity index (χ1v) is 7.19.